The van der Waals surface area contributed by atoms with Crippen LogP contribution < -0.4 is 0 Å². The van der Waals surface area contributed by atoms with Crippen molar-refractivity contribution in [1.29, 1.82) is 5.26 Å². The van der Waals surface area contributed by atoms with Crippen LogP contribution in [0.2, 0.25) is 0 Å². The van der Waals surface area contributed by atoms with Crippen LogP contribution in [0.4, 0.5) is 0 Å². The van der Waals surface area contributed by atoms with Crippen LogP contribution in [-0.4, -0.2) is 11.5 Å². The first kappa shape index (κ1) is 18.8. The average molecular weight is 398 g/mol. The van der Waals surface area contributed by atoms with Crippen LogP contribution in [0.5, 0.6) is 0 Å². The van der Waals surface area contributed by atoms with Gasteiger partial charge in [0, 0.05) is 17.1 Å². The standard InChI is InChI=1S/C25H19NS2/c1-25(15-14-19-8-3-2-4-9-19,23(18-26)24-27-16-17-28-24)22-13-7-11-20-10-5-6-12-21(20)22/h2-13H,16-17H2,1H3. The molecule has 1 unspecified atom stereocenters. The Labute approximate surface area is 174 Å². The van der Waals surface area contributed by atoms with Crippen LogP contribution in [-0.2, 0) is 5.41 Å². The van der Waals surface area contributed by atoms with Gasteiger partial charge in [-0.25, -0.2) is 0 Å². The van der Waals surface area contributed by atoms with Gasteiger partial charge in [-0.2, -0.15) is 5.26 Å². The number of fused-ring (bicyclic) bond motifs is 1. The van der Waals surface area contributed by atoms with E-state index in [-0.39, 0.29) is 0 Å². The van der Waals surface area contributed by atoms with Gasteiger partial charge in [0.15, 0.2) is 0 Å². The Balaban J connectivity index is 1.98. The van der Waals surface area contributed by atoms with Crippen LogP contribution in [0, 0.1) is 23.2 Å². The largest absolute Gasteiger partial charge is 0.193 e. The second kappa shape index (κ2) is 8.19. The monoisotopic (exact) mass is 397 g/mol. The third-order valence-corrected chi connectivity index (χ3v) is 7.64. The summed E-state index contributed by atoms with van der Waals surface area (Å²) >= 11 is 3.55. The predicted octanol–water partition coefficient (Wildman–Crippen LogP) is 6.36. The summed E-state index contributed by atoms with van der Waals surface area (Å²) in [6, 6.07) is 27.1. The van der Waals surface area contributed by atoms with E-state index in [4.69, 9.17) is 0 Å². The minimum Gasteiger partial charge on any atom is -0.193 e. The predicted molar refractivity (Wildman–Crippen MR) is 122 cm³/mol. The molecule has 4 rings (SSSR count). The van der Waals surface area contributed by atoms with E-state index in [9.17, 15) is 5.26 Å². The van der Waals surface area contributed by atoms with Gasteiger partial charge in [-0.15, -0.1) is 23.5 Å². The lowest BCUT2D eigenvalue weighted by molar-refractivity contribution is 0.764. The zero-order valence-corrected chi connectivity index (χ0v) is 17.2. The van der Waals surface area contributed by atoms with E-state index in [0.717, 1.165) is 37.8 Å². The van der Waals surface area contributed by atoms with Gasteiger partial charge in [0.25, 0.3) is 0 Å². The maximum atomic E-state index is 10.2. The Morgan fingerprint density at radius 1 is 0.893 bits per heavy atom. The van der Waals surface area contributed by atoms with Crippen LogP contribution in [0.3, 0.4) is 0 Å². The number of benzene rings is 3. The lowest BCUT2D eigenvalue weighted by Crippen LogP contribution is -2.23. The molecule has 1 heterocycles. The van der Waals surface area contributed by atoms with Crippen molar-refractivity contribution in [3.05, 3.63) is 93.7 Å². The van der Waals surface area contributed by atoms with Gasteiger partial charge in [-0.3, -0.25) is 0 Å². The summed E-state index contributed by atoms with van der Waals surface area (Å²) in [7, 11) is 0. The lowest BCUT2D eigenvalue weighted by atomic mass is 9.75. The van der Waals surface area contributed by atoms with Crippen LogP contribution in [0.25, 0.3) is 10.8 Å². The van der Waals surface area contributed by atoms with Gasteiger partial charge >= 0.3 is 0 Å². The fourth-order valence-electron chi connectivity index (χ4n) is 3.46. The molecule has 28 heavy (non-hydrogen) atoms. The molecule has 1 nitrogen and oxygen atoms in total. The van der Waals surface area contributed by atoms with E-state index in [1.807, 2.05) is 36.4 Å². The number of hydrogen-bond donors (Lipinski definition) is 0. The summed E-state index contributed by atoms with van der Waals surface area (Å²) in [6.07, 6.45) is 0. The fraction of sp³-hybridized carbons (Fsp3) is 0.160. The molecule has 0 spiro atoms. The highest BCUT2D eigenvalue weighted by atomic mass is 32.2. The second-order valence-corrected chi connectivity index (χ2v) is 9.21. The maximum absolute atomic E-state index is 10.2. The van der Waals surface area contributed by atoms with Crippen molar-refractivity contribution in [2.75, 3.05) is 11.5 Å². The Morgan fingerprint density at radius 3 is 2.32 bits per heavy atom. The van der Waals surface area contributed by atoms with Gasteiger partial charge < -0.3 is 0 Å². The van der Waals surface area contributed by atoms with Crippen molar-refractivity contribution in [1.82, 2.24) is 0 Å². The van der Waals surface area contributed by atoms with E-state index in [0.29, 0.717) is 0 Å². The van der Waals surface area contributed by atoms with E-state index in [1.54, 1.807) is 23.5 Å². The zero-order valence-electron chi connectivity index (χ0n) is 15.6. The Morgan fingerprint density at radius 2 is 1.57 bits per heavy atom. The first-order valence-corrected chi connectivity index (χ1v) is 11.2. The number of thioether (sulfide) groups is 2. The molecule has 3 aromatic rings. The normalized spacial score (nSPS) is 15.4. The SMILES string of the molecule is CC(C#Cc1ccccc1)(C(C#N)=C1SCCS1)c1cccc2ccccc12. The number of hydrogen-bond acceptors (Lipinski definition) is 3. The van der Waals surface area contributed by atoms with E-state index < -0.39 is 5.41 Å². The third kappa shape index (κ3) is 3.57. The molecule has 1 aliphatic heterocycles. The number of rotatable bonds is 2. The topological polar surface area (TPSA) is 23.8 Å². The molecule has 136 valence electrons. The zero-order chi connectivity index (χ0) is 19.4. The number of nitriles is 1. The molecule has 1 aliphatic rings. The van der Waals surface area contributed by atoms with Crippen molar-refractivity contribution in [3.8, 4) is 17.9 Å². The van der Waals surface area contributed by atoms with E-state index >= 15 is 0 Å². The van der Waals surface area contributed by atoms with Gasteiger partial charge in [-0.05, 0) is 35.4 Å². The molecule has 0 saturated carbocycles. The first-order valence-electron chi connectivity index (χ1n) is 9.19. The molecule has 1 fully saturated rings. The molecule has 0 radical (unpaired) electrons. The first-order chi connectivity index (χ1) is 13.7. The highest BCUT2D eigenvalue weighted by Gasteiger charge is 2.35. The minimum atomic E-state index is -0.675. The molecule has 0 N–H and O–H groups in total. The van der Waals surface area contributed by atoms with Crippen molar-refractivity contribution < 1.29 is 0 Å². The van der Waals surface area contributed by atoms with Crippen molar-refractivity contribution in [2.45, 2.75) is 12.3 Å². The van der Waals surface area contributed by atoms with E-state index in [1.165, 1.54) is 5.39 Å². The number of allylic oxidation sites excluding steroid dienone is 1. The Hall–Kier alpha value is -2.59. The molecular weight excluding hydrogens is 378 g/mol. The third-order valence-electron chi connectivity index (χ3n) is 4.92. The van der Waals surface area contributed by atoms with Crippen LogP contribution in [0.1, 0.15) is 18.1 Å². The van der Waals surface area contributed by atoms with Crippen molar-refractivity contribution >= 4 is 34.3 Å². The van der Waals surface area contributed by atoms with Crippen LogP contribution >= 0.6 is 23.5 Å². The smallest absolute Gasteiger partial charge is 0.0984 e. The molecule has 3 aromatic carbocycles. The summed E-state index contributed by atoms with van der Waals surface area (Å²) in [5, 5.41) is 12.5. The molecule has 3 heteroatoms. The van der Waals surface area contributed by atoms with Crippen molar-refractivity contribution in [2.24, 2.45) is 0 Å². The number of nitrogens with zero attached hydrogens (tertiary/aromatic N) is 1. The Kier molecular flexibility index (Phi) is 5.49. The van der Waals surface area contributed by atoms with Gasteiger partial charge in [0.05, 0.1) is 21.3 Å². The summed E-state index contributed by atoms with van der Waals surface area (Å²) in [6.45, 7) is 2.09. The molecule has 0 amide bonds. The van der Waals surface area contributed by atoms with Gasteiger partial charge in [-0.1, -0.05) is 72.5 Å². The summed E-state index contributed by atoms with van der Waals surface area (Å²) in [5.41, 5.74) is 2.14. The molecular formula is C25H19NS2. The quantitative estimate of drug-likeness (QED) is 0.371. The minimum absolute atomic E-state index is 0.675. The Bertz CT molecular complexity index is 1130. The highest BCUT2D eigenvalue weighted by Crippen LogP contribution is 2.46. The average Bonchev–Trinajstić information content (AvgIpc) is 3.27. The van der Waals surface area contributed by atoms with Crippen LogP contribution in [0.15, 0.2) is 82.6 Å². The van der Waals surface area contributed by atoms with Gasteiger partial charge in [0.1, 0.15) is 0 Å². The molecule has 0 aromatic heterocycles. The highest BCUT2D eigenvalue weighted by molar-refractivity contribution is 8.25. The molecule has 0 aliphatic carbocycles. The molecule has 0 bridgehead atoms. The summed E-state index contributed by atoms with van der Waals surface area (Å²) in [5.74, 6) is 8.91. The van der Waals surface area contributed by atoms with Gasteiger partial charge in [0.2, 0.25) is 0 Å². The lowest BCUT2D eigenvalue weighted by Gasteiger charge is -2.26. The molecule has 1 atom stereocenters. The van der Waals surface area contributed by atoms with Crippen molar-refractivity contribution in [3.63, 3.8) is 0 Å². The second-order valence-electron chi connectivity index (χ2n) is 6.74. The van der Waals surface area contributed by atoms with E-state index in [2.05, 4.69) is 61.2 Å². The fourth-order valence-corrected chi connectivity index (χ4v) is 6.12. The molecule has 1 saturated heterocycles. The summed E-state index contributed by atoms with van der Waals surface area (Å²) < 4.78 is 1.11. The maximum Gasteiger partial charge on any atom is 0.0984 e. The summed E-state index contributed by atoms with van der Waals surface area (Å²) in [4.78, 5) is 0.